The summed E-state index contributed by atoms with van der Waals surface area (Å²) in [6, 6.07) is 22.5. The van der Waals surface area contributed by atoms with Gasteiger partial charge in [0, 0.05) is 0 Å². The first-order valence-corrected chi connectivity index (χ1v) is 10.4. The Balaban J connectivity index is 1.41. The second kappa shape index (κ2) is 9.82. The summed E-state index contributed by atoms with van der Waals surface area (Å²) in [6.07, 6.45) is 1.45. The molecule has 4 rings (SSSR count). The van der Waals surface area contributed by atoms with E-state index in [-0.39, 0.29) is 5.57 Å². The molecule has 7 heteroatoms. The molecule has 1 saturated heterocycles. The van der Waals surface area contributed by atoms with Gasteiger partial charge in [0.15, 0.2) is 0 Å². The van der Waals surface area contributed by atoms with Crippen molar-refractivity contribution in [3.05, 3.63) is 95.6 Å². The van der Waals surface area contributed by atoms with E-state index in [2.05, 4.69) is 5.32 Å². The monoisotopic (exact) mass is 442 g/mol. The van der Waals surface area contributed by atoms with E-state index in [1.165, 1.54) is 6.08 Å². The van der Waals surface area contributed by atoms with Crippen LogP contribution in [-0.4, -0.2) is 31.1 Å². The lowest BCUT2D eigenvalue weighted by Gasteiger charge is -2.26. The lowest BCUT2D eigenvalue weighted by molar-refractivity contribution is -0.122. The van der Waals surface area contributed by atoms with Crippen molar-refractivity contribution in [3.63, 3.8) is 0 Å². The Hall–Kier alpha value is -4.39. The maximum atomic E-state index is 12.9. The molecule has 0 saturated carbocycles. The fourth-order valence-electron chi connectivity index (χ4n) is 3.25. The lowest BCUT2D eigenvalue weighted by Crippen LogP contribution is -2.54. The number of nitrogens with zero attached hydrogens (tertiary/aromatic N) is 1. The van der Waals surface area contributed by atoms with Crippen LogP contribution < -0.4 is 19.7 Å². The number of nitrogens with one attached hydrogen (secondary N) is 1. The molecule has 0 aliphatic carbocycles. The van der Waals surface area contributed by atoms with Crippen molar-refractivity contribution in [1.29, 1.82) is 0 Å². The maximum Gasteiger partial charge on any atom is 0.335 e. The van der Waals surface area contributed by atoms with Crippen molar-refractivity contribution >= 4 is 29.6 Å². The van der Waals surface area contributed by atoms with Crippen LogP contribution in [0.3, 0.4) is 0 Å². The highest BCUT2D eigenvalue weighted by Crippen LogP contribution is 2.23. The molecule has 1 N–H and O–H groups in total. The van der Waals surface area contributed by atoms with E-state index in [4.69, 9.17) is 9.47 Å². The average Bonchev–Trinajstić information content (AvgIpc) is 2.82. The van der Waals surface area contributed by atoms with Gasteiger partial charge < -0.3 is 9.47 Å². The highest BCUT2D eigenvalue weighted by molar-refractivity contribution is 6.39. The number of urea groups is 1. The molecule has 1 heterocycles. The van der Waals surface area contributed by atoms with E-state index in [1.807, 2.05) is 37.3 Å². The minimum absolute atomic E-state index is 0.125. The molecule has 1 fully saturated rings. The van der Waals surface area contributed by atoms with E-state index in [1.54, 1.807) is 48.5 Å². The summed E-state index contributed by atoms with van der Waals surface area (Å²) in [6.45, 7) is 2.66. The van der Waals surface area contributed by atoms with Crippen molar-refractivity contribution < 1.29 is 23.9 Å². The van der Waals surface area contributed by atoms with Crippen LogP contribution in [-0.2, 0) is 9.59 Å². The first-order chi connectivity index (χ1) is 16.0. The first kappa shape index (κ1) is 21.8. The predicted molar refractivity (Wildman–Crippen MR) is 124 cm³/mol. The summed E-state index contributed by atoms with van der Waals surface area (Å²) in [4.78, 5) is 38.5. The molecular weight excluding hydrogens is 420 g/mol. The third-order valence-electron chi connectivity index (χ3n) is 4.95. The number of carbonyl (C=O) groups is 3. The Morgan fingerprint density at radius 2 is 1.39 bits per heavy atom. The lowest BCUT2D eigenvalue weighted by atomic mass is 10.1. The Bertz CT molecular complexity index is 1190. The van der Waals surface area contributed by atoms with Crippen molar-refractivity contribution in [2.24, 2.45) is 0 Å². The molecule has 0 bridgehead atoms. The molecule has 0 atom stereocenters. The SMILES string of the molecule is Cc1ccc(N2C(=O)NC(=O)/C(=C/c3ccc(OCCOc4ccccc4)cc3)C2=O)cc1. The molecule has 33 heavy (non-hydrogen) atoms. The van der Waals surface area contributed by atoms with E-state index < -0.39 is 17.8 Å². The van der Waals surface area contributed by atoms with Gasteiger partial charge in [0.25, 0.3) is 11.8 Å². The van der Waals surface area contributed by atoms with E-state index in [0.29, 0.717) is 30.2 Å². The third-order valence-corrected chi connectivity index (χ3v) is 4.95. The average molecular weight is 442 g/mol. The van der Waals surface area contributed by atoms with Crippen LogP contribution in [0.4, 0.5) is 10.5 Å². The van der Waals surface area contributed by atoms with Crippen LogP contribution in [0.2, 0.25) is 0 Å². The molecule has 4 amide bonds. The predicted octanol–water partition coefficient (Wildman–Crippen LogP) is 4.12. The molecular formula is C26H22N2O5. The summed E-state index contributed by atoms with van der Waals surface area (Å²) in [5, 5.41) is 2.22. The first-order valence-electron chi connectivity index (χ1n) is 10.4. The minimum Gasteiger partial charge on any atom is -0.490 e. The van der Waals surface area contributed by atoms with E-state index in [9.17, 15) is 14.4 Å². The van der Waals surface area contributed by atoms with Gasteiger partial charge in [-0.3, -0.25) is 14.9 Å². The normalized spacial score (nSPS) is 14.9. The number of rotatable bonds is 7. The number of para-hydroxylation sites is 1. The standard InChI is InChI=1S/C26H22N2O5/c1-18-7-11-20(12-8-18)28-25(30)23(24(29)27-26(28)31)17-19-9-13-22(14-10-19)33-16-15-32-21-5-3-2-4-6-21/h2-14,17H,15-16H2,1H3,(H,27,29,31)/b23-17-. The second-order valence-electron chi connectivity index (χ2n) is 7.37. The smallest absolute Gasteiger partial charge is 0.335 e. The molecule has 0 radical (unpaired) electrons. The number of anilines is 1. The summed E-state index contributed by atoms with van der Waals surface area (Å²) in [5.41, 5.74) is 1.88. The molecule has 7 nitrogen and oxygen atoms in total. The number of amides is 4. The zero-order valence-corrected chi connectivity index (χ0v) is 18.0. The highest BCUT2D eigenvalue weighted by atomic mass is 16.5. The minimum atomic E-state index is -0.771. The van der Waals surface area contributed by atoms with Crippen LogP contribution in [0.5, 0.6) is 11.5 Å². The number of carbonyl (C=O) groups excluding carboxylic acids is 3. The fourth-order valence-corrected chi connectivity index (χ4v) is 3.25. The number of hydrogen-bond donors (Lipinski definition) is 1. The Kier molecular flexibility index (Phi) is 6.50. The van der Waals surface area contributed by atoms with Gasteiger partial charge in [-0.05, 0) is 55.0 Å². The van der Waals surface area contributed by atoms with Crippen LogP contribution in [0.1, 0.15) is 11.1 Å². The molecule has 0 unspecified atom stereocenters. The third kappa shape index (κ3) is 5.27. The van der Waals surface area contributed by atoms with Gasteiger partial charge in [-0.15, -0.1) is 0 Å². The van der Waals surface area contributed by atoms with Crippen LogP contribution >= 0.6 is 0 Å². The Morgan fingerprint density at radius 1 is 0.788 bits per heavy atom. The summed E-state index contributed by atoms with van der Waals surface area (Å²) >= 11 is 0. The number of imide groups is 2. The van der Waals surface area contributed by atoms with Crippen molar-refractivity contribution in [2.75, 3.05) is 18.1 Å². The molecule has 1 aliphatic rings. The van der Waals surface area contributed by atoms with Gasteiger partial charge in [-0.25, -0.2) is 9.69 Å². The molecule has 3 aromatic carbocycles. The Labute approximate surface area is 191 Å². The zero-order chi connectivity index (χ0) is 23.2. The number of aryl methyl sites for hydroxylation is 1. The van der Waals surface area contributed by atoms with Gasteiger partial charge >= 0.3 is 6.03 Å². The number of benzene rings is 3. The van der Waals surface area contributed by atoms with E-state index in [0.717, 1.165) is 16.2 Å². The molecule has 0 spiro atoms. The van der Waals surface area contributed by atoms with Crippen molar-refractivity contribution in [1.82, 2.24) is 5.32 Å². The fraction of sp³-hybridized carbons (Fsp3) is 0.115. The highest BCUT2D eigenvalue weighted by Gasteiger charge is 2.36. The van der Waals surface area contributed by atoms with Crippen molar-refractivity contribution in [2.45, 2.75) is 6.92 Å². The van der Waals surface area contributed by atoms with Gasteiger partial charge in [-0.1, -0.05) is 48.0 Å². The summed E-state index contributed by atoms with van der Waals surface area (Å²) in [7, 11) is 0. The van der Waals surface area contributed by atoms with Crippen LogP contribution in [0.15, 0.2) is 84.4 Å². The van der Waals surface area contributed by atoms with Gasteiger partial charge in [0.1, 0.15) is 30.3 Å². The summed E-state index contributed by atoms with van der Waals surface area (Å²) in [5.74, 6) is -0.000839. The zero-order valence-electron chi connectivity index (χ0n) is 18.0. The summed E-state index contributed by atoms with van der Waals surface area (Å²) < 4.78 is 11.3. The largest absolute Gasteiger partial charge is 0.490 e. The molecule has 166 valence electrons. The molecule has 3 aromatic rings. The maximum absolute atomic E-state index is 12.9. The molecule has 1 aliphatic heterocycles. The van der Waals surface area contributed by atoms with E-state index >= 15 is 0 Å². The topological polar surface area (TPSA) is 84.9 Å². The number of ether oxygens (including phenoxy) is 2. The van der Waals surface area contributed by atoms with Gasteiger partial charge in [-0.2, -0.15) is 0 Å². The number of hydrogen-bond acceptors (Lipinski definition) is 5. The van der Waals surface area contributed by atoms with Crippen molar-refractivity contribution in [3.8, 4) is 11.5 Å². The van der Waals surface area contributed by atoms with Crippen LogP contribution in [0.25, 0.3) is 6.08 Å². The Morgan fingerprint density at radius 3 is 2.03 bits per heavy atom. The van der Waals surface area contributed by atoms with Gasteiger partial charge in [0.05, 0.1) is 5.69 Å². The quantitative estimate of drug-likeness (QED) is 0.338. The second-order valence-corrected chi connectivity index (χ2v) is 7.37. The van der Waals surface area contributed by atoms with Gasteiger partial charge in [0.2, 0.25) is 0 Å². The number of barbiturate groups is 1. The van der Waals surface area contributed by atoms with Crippen LogP contribution in [0, 0.1) is 6.92 Å². The molecule has 0 aromatic heterocycles.